The van der Waals surface area contributed by atoms with Crippen LogP contribution >= 0.6 is 11.8 Å². The minimum absolute atomic E-state index is 0.187. The Hall–Kier alpha value is -1.70. The third-order valence-corrected chi connectivity index (χ3v) is 6.81. The molecule has 2 aromatic rings. The first-order chi connectivity index (χ1) is 14.4. The number of rotatable bonds is 11. The van der Waals surface area contributed by atoms with Gasteiger partial charge in [0.05, 0.1) is 12.9 Å². The zero-order chi connectivity index (χ0) is 21.3. The molecule has 0 N–H and O–H groups in total. The lowest BCUT2D eigenvalue weighted by atomic mass is 9.72. The van der Waals surface area contributed by atoms with Crippen molar-refractivity contribution in [1.82, 2.24) is 9.97 Å². The van der Waals surface area contributed by atoms with Gasteiger partial charge >= 0.3 is 0 Å². The summed E-state index contributed by atoms with van der Waals surface area (Å²) in [6.45, 7) is 0.187. The second-order valence-electron chi connectivity index (χ2n) is 7.92. The summed E-state index contributed by atoms with van der Waals surface area (Å²) in [4.78, 5) is 8.94. The van der Waals surface area contributed by atoms with Crippen molar-refractivity contribution in [3.05, 3.63) is 66.0 Å². The Morgan fingerprint density at radius 3 is 2.57 bits per heavy atom. The third-order valence-electron chi connectivity index (χ3n) is 5.34. The van der Waals surface area contributed by atoms with Crippen LogP contribution in [0.2, 0.25) is 0 Å². The van der Waals surface area contributed by atoms with Crippen LogP contribution in [0.4, 0.5) is 0 Å². The zero-order valence-corrected chi connectivity index (χ0v) is 19.1. The zero-order valence-electron chi connectivity index (χ0n) is 17.5. The van der Waals surface area contributed by atoms with Gasteiger partial charge in [0.15, 0.2) is 5.16 Å². The molecule has 0 saturated carbocycles. The van der Waals surface area contributed by atoms with Gasteiger partial charge in [0.1, 0.15) is 0 Å². The molecule has 1 atom stereocenters. The normalized spacial score (nSPS) is 19.1. The Bertz CT molecular complexity index is 915. The quantitative estimate of drug-likeness (QED) is 0.162. The van der Waals surface area contributed by atoms with E-state index in [0.717, 1.165) is 35.6 Å². The highest BCUT2D eigenvalue weighted by Crippen LogP contribution is 2.39. The molecule has 0 saturated heterocycles. The average Bonchev–Trinajstić information content (AvgIpc) is 2.73. The highest BCUT2D eigenvalue weighted by molar-refractivity contribution is 7.99. The van der Waals surface area contributed by atoms with Gasteiger partial charge < -0.3 is 0 Å². The summed E-state index contributed by atoms with van der Waals surface area (Å²) in [5, 5.41) is 0.792. The van der Waals surface area contributed by atoms with E-state index in [2.05, 4.69) is 52.5 Å². The minimum Gasteiger partial charge on any atom is -0.270 e. The molecule has 1 aromatic heterocycles. The van der Waals surface area contributed by atoms with Gasteiger partial charge in [-0.3, -0.25) is 4.18 Å². The van der Waals surface area contributed by atoms with Crippen LogP contribution in [0.25, 0.3) is 0 Å². The standard InChI is InChI=1S/C23H30N2O3S2/c1-30(26,27)28-15-8-11-21-18-24-22(25-19-21)29-16-14-23(12-6-3-7-13-23)17-20-9-4-2-5-10-20/h2,4-6,9-10,12,18-19H,3,7-8,11,13-17H2,1H3. The fourth-order valence-corrected chi connectivity index (χ4v) is 5.18. The van der Waals surface area contributed by atoms with Crippen LogP contribution < -0.4 is 0 Å². The monoisotopic (exact) mass is 446 g/mol. The highest BCUT2D eigenvalue weighted by atomic mass is 32.2. The van der Waals surface area contributed by atoms with Crippen LogP contribution in [-0.2, 0) is 27.1 Å². The lowest BCUT2D eigenvalue weighted by Gasteiger charge is -2.33. The molecule has 1 aromatic carbocycles. The highest BCUT2D eigenvalue weighted by Gasteiger charge is 2.28. The van der Waals surface area contributed by atoms with E-state index >= 15 is 0 Å². The van der Waals surface area contributed by atoms with E-state index in [0.29, 0.717) is 12.8 Å². The first kappa shape index (κ1) is 23.0. The number of aromatic nitrogens is 2. The van der Waals surface area contributed by atoms with Gasteiger partial charge in [-0.05, 0) is 61.5 Å². The summed E-state index contributed by atoms with van der Waals surface area (Å²) < 4.78 is 26.7. The van der Waals surface area contributed by atoms with Crippen LogP contribution in [0.1, 0.15) is 43.2 Å². The molecule has 1 aliphatic carbocycles. The smallest absolute Gasteiger partial charge is 0.264 e. The maximum Gasteiger partial charge on any atom is 0.264 e. The fraction of sp³-hybridized carbons (Fsp3) is 0.478. The van der Waals surface area contributed by atoms with Gasteiger partial charge in [-0.15, -0.1) is 0 Å². The van der Waals surface area contributed by atoms with Gasteiger partial charge in [-0.25, -0.2) is 9.97 Å². The molecule has 1 heterocycles. The van der Waals surface area contributed by atoms with E-state index < -0.39 is 10.1 Å². The maximum absolute atomic E-state index is 11.0. The lowest BCUT2D eigenvalue weighted by molar-refractivity contribution is 0.315. The number of hydrogen-bond acceptors (Lipinski definition) is 6. The van der Waals surface area contributed by atoms with Crippen LogP contribution in [0.3, 0.4) is 0 Å². The van der Waals surface area contributed by atoms with Gasteiger partial charge in [0, 0.05) is 18.1 Å². The summed E-state index contributed by atoms with van der Waals surface area (Å²) in [5.74, 6) is 0.985. The van der Waals surface area contributed by atoms with Crippen molar-refractivity contribution in [2.24, 2.45) is 5.41 Å². The Kier molecular flexibility index (Phi) is 8.48. The second-order valence-corrected chi connectivity index (χ2v) is 10.6. The minimum atomic E-state index is -3.37. The summed E-state index contributed by atoms with van der Waals surface area (Å²) >= 11 is 1.70. The molecule has 162 valence electrons. The molecule has 0 amide bonds. The molecule has 3 rings (SSSR count). The van der Waals surface area contributed by atoms with Crippen LogP contribution in [0.15, 0.2) is 60.0 Å². The van der Waals surface area contributed by atoms with Crippen LogP contribution in [-0.4, -0.2) is 37.0 Å². The molecule has 0 bridgehead atoms. The Balaban J connectivity index is 1.48. The lowest BCUT2D eigenvalue weighted by Crippen LogP contribution is -2.24. The summed E-state index contributed by atoms with van der Waals surface area (Å²) in [6, 6.07) is 10.8. The number of aryl methyl sites for hydroxylation is 1. The third kappa shape index (κ3) is 7.85. The molecule has 30 heavy (non-hydrogen) atoms. The molecule has 5 nitrogen and oxygen atoms in total. The number of allylic oxidation sites excluding steroid dienone is 2. The number of thioether (sulfide) groups is 1. The summed E-state index contributed by atoms with van der Waals surface area (Å²) in [5.41, 5.74) is 2.62. The van der Waals surface area contributed by atoms with E-state index in [1.165, 1.54) is 24.8 Å². The fourth-order valence-electron chi connectivity index (χ4n) is 3.81. The van der Waals surface area contributed by atoms with Crippen molar-refractivity contribution in [1.29, 1.82) is 0 Å². The maximum atomic E-state index is 11.0. The van der Waals surface area contributed by atoms with E-state index in [9.17, 15) is 8.42 Å². The molecule has 0 radical (unpaired) electrons. The summed E-state index contributed by atoms with van der Waals surface area (Å²) in [6.07, 6.45) is 16.7. The predicted molar refractivity (Wildman–Crippen MR) is 122 cm³/mol. The Morgan fingerprint density at radius 2 is 1.90 bits per heavy atom. The van der Waals surface area contributed by atoms with Crippen LogP contribution in [0.5, 0.6) is 0 Å². The second kappa shape index (κ2) is 11.1. The molecule has 1 aliphatic rings. The number of benzene rings is 1. The van der Waals surface area contributed by atoms with E-state index in [1.807, 2.05) is 12.4 Å². The first-order valence-corrected chi connectivity index (χ1v) is 13.2. The Labute approximate surface area is 184 Å². The Morgan fingerprint density at radius 1 is 1.13 bits per heavy atom. The van der Waals surface area contributed by atoms with Gasteiger partial charge in [-0.1, -0.05) is 54.2 Å². The number of nitrogens with zero attached hydrogens (tertiary/aromatic N) is 2. The van der Waals surface area contributed by atoms with Gasteiger partial charge in [0.2, 0.25) is 0 Å². The molecule has 7 heteroatoms. The van der Waals surface area contributed by atoms with Crippen LogP contribution in [0, 0.1) is 5.41 Å². The average molecular weight is 447 g/mol. The summed E-state index contributed by atoms with van der Waals surface area (Å²) in [7, 11) is -3.37. The van der Waals surface area contributed by atoms with Crippen molar-refractivity contribution in [2.75, 3.05) is 18.6 Å². The van der Waals surface area contributed by atoms with Crippen molar-refractivity contribution >= 4 is 21.9 Å². The van der Waals surface area contributed by atoms with E-state index in [1.54, 1.807) is 11.8 Å². The molecule has 0 aliphatic heterocycles. The van der Waals surface area contributed by atoms with Crippen molar-refractivity contribution < 1.29 is 12.6 Å². The molecule has 1 unspecified atom stereocenters. The van der Waals surface area contributed by atoms with E-state index in [4.69, 9.17) is 4.18 Å². The van der Waals surface area contributed by atoms with Crippen molar-refractivity contribution in [3.63, 3.8) is 0 Å². The van der Waals surface area contributed by atoms with E-state index in [-0.39, 0.29) is 12.0 Å². The predicted octanol–water partition coefficient (Wildman–Crippen LogP) is 4.84. The topological polar surface area (TPSA) is 69.2 Å². The molecule has 0 fully saturated rings. The van der Waals surface area contributed by atoms with Gasteiger partial charge in [0.25, 0.3) is 10.1 Å². The van der Waals surface area contributed by atoms with Crippen molar-refractivity contribution in [2.45, 2.75) is 50.1 Å². The SMILES string of the molecule is CS(=O)(=O)OCCCc1cnc(SCCC2(Cc3ccccc3)C=CCCC2)nc1. The molecule has 0 spiro atoms. The largest absolute Gasteiger partial charge is 0.270 e. The molecular weight excluding hydrogens is 416 g/mol. The first-order valence-electron chi connectivity index (χ1n) is 10.4. The number of hydrogen-bond donors (Lipinski definition) is 0. The van der Waals surface area contributed by atoms with Gasteiger partial charge in [-0.2, -0.15) is 8.42 Å². The molecular formula is C23H30N2O3S2. The van der Waals surface area contributed by atoms with Crippen molar-refractivity contribution in [3.8, 4) is 0 Å².